The van der Waals surface area contributed by atoms with E-state index >= 15 is 0 Å². The molecule has 1 aliphatic rings. The molecule has 0 saturated carbocycles. The number of hydrogen-bond donors (Lipinski definition) is 0. The van der Waals surface area contributed by atoms with Gasteiger partial charge in [-0.1, -0.05) is 24.3 Å². The molecule has 0 aliphatic carbocycles. The molecule has 28 heavy (non-hydrogen) atoms. The molecule has 1 saturated heterocycles. The minimum absolute atomic E-state index is 0.0805. The molecule has 0 aromatic heterocycles. The van der Waals surface area contributed by atoms with Gasteiger partial charge in [-0.05, 0) is 69.0 Å². The van der Waals surface area contributed by atoms with Crippen LogP contribution < -0.4 is 4.90 Å². The van der Waals surface area contributed by atoms with E-state index in [4.69, 9.17) is 0 Å². The largest absolute Gasteiger partial charge is 0.312 e. The number of carbonyl (C=O) groups is 1. The second kappa shape index (κ2) is 8.45. The number of nitrogens with zero attached hydrogens (tertiary/aromatic N) is 2. The highest BCUT2D eigenvalue weighted by Gasteiger charge is 2.34. The molecule has 0 radical (unpaired) electrons. The lowest BCUT2D eigenvalue weighted by atomic mass is 9.96. The molecule has 0 unspecified atom stereocenters. The zero-order valence-corrected chi connectivity index (χ0v) is 17.6. The highest BCUT2D eigenvalue weighted by atomic mass is 32.2. The fourth-order valence-corrected chi connectivity index (χ4v) is 5.22. The van der Waals surface area contributed by atoms with Crippen molar-refractivity contribution in [2.75, 3.05) is 24.5 Å². The van der Waals surface area contributed by atoms with E-state index in [9.17, 15) is 13.2 Å². The molecule has 3 rings (SSSR count). The van der Waals surface area contributed by atoms with Crippen LogP contribution in [0.5, 0.6) is 0 Å². The molecule has 0 N–H and O–H groups in total. The summed E-state index contributed by atoms with van der Waals surface area (Å²) in [7, 11) is -3.52. The summed E-state index contributed by atoms with van der Waals surface area (Å²) in [6.45, 7) is 7.20. The zero-order valence-electron chi connectivity index (χ0n) is 16.8. The SMILES string of the molecule is CCN(C(=O)C1CCN(S(=O)(=O)c2ccc(C)c(C)c2)CC1)c1ccccc1. The Hall–Kier alpha value is -2.18. The van der Waals surface area contributed by atoms with Crippen molar-refractivity contribution in [3.05, 3.63) is 59.7 Å². The minimum Gasteiger partial charge on any atom is -0.312 e. The average Bonchev–Trinajstić information content (AvgIpc) is 2.71. The van der Waals surface area contributed by atoms with Gasteiger partial charge in [0, 0.05) is 31.2 Å². The van der Waals surface area contributed by atoms with E-state index in [1.54, 1.807) is 17.0 Å². The summed E-state index contributed by atoms with van der Waals surface area (Å²) < 4.78 is 27.5. The Morgan fingerprint density at radius 1 is 1.04 bits per heavy atom. The number of benzene rings is 2. The predicted molar refractivity (Wildman–Crippen MR) is 112 cm³/mol. The number of amides is 1. The van der Waals surface area contributed by atoms with Crippen molar-refractivity contribution in [3.63, 3.8) is 0 Å². The van der Waals surface area contributed by atoms with E-state index in [1.807, 2.05) is 57.2 Å². The second-order valence-corrected chi connectivity index (χ2v) is 9.28. The Bertz CT molecular complexity index is 934. The van der Waals surface area contributed by atoms with Gasteiger partial charge in [-0.3, -0.25) is 4.79 Å². The van der Waals surface area contributed by atoms with Crippen LogP contribution in [0.4, 0.5) is 5.69 Å². The lowest BCUT2D eigenvalue weighted by molar-refractivity contribution is -0.123. The number of carbonyl (C=O) groups excluding carboxylic acids is 1. The van der Waals surface area contributed by atoms with Gasteiger partial charge >= 0.3 is 0 Å². The topological polar surface area (TPSA) is 57.7 Å². The van der Waals surface area contributed by atoms with Crippen molar-refractivity contribution in [2.24, 2.45) is 5.92 Å². The normalized spacial score (nSPS) is 16.1. The van der Waals surface area contributed by atoms with E-state index in [1.165, 1.54) is 4.31 Å². The molecule has 150 valence electrons. The lowest BCUT2D eigenvalue weighted by Gasteiger charge is -2.33. The van der Waals surface area contributed by atoms with E-state index in [2.05, 4.69) is 0 Å². The summed E-state index contributed by atoms with van der Waals surface area (Å²) in [6, 6.07) is 14.9. The van der Waals surface area contributed by atoms with E-state index in [0.29, 0.717) is 37.4 Å². The summed E-state index contributed by atoms with van der Waals surface area (Å²) in [5.41, 5.74) is 2.93. The fraction of sp³-hybridized carbons (Fsp3) is 0.409. The van der Waals surface area contributed by atoms with Crippen LogP contribution in [0.2, 0.25) is 0 Å². The first-order valence-electron chi connectivity index (χ1n) is 9.78. The molecule has 0 spiro atoms. The van der Waals surface area contributed by atoms with E-state index in [-0.39, 0.29) is 11.8 Å². The van der Waals surface area contributed by atoms with Gasteiger partial charge < -0.3 is 4.90 Å². The third-order valence-corrected chi connectivity index (χ3v) is 7.46. The molecule has 1 aliphatic heterocycles. The van der Waals surface area contributed by atoms with E-state index < -0.39 is 10.0 Å². The fourth-order valence-electron chi connectivity index (χ4n) is 3.66. The number of piperidine rings is 1. The van der Waals surface area contributed by atoms with Crippen LogP contribution in [0.15, 0.2) is 53.4 Å². The summed E-state index contributed by atoms with van der Waals surface area (Å²) in [5, 5.41) is 0. The molecular weight excluding hydrogens is 372 g/mol. The van der Waals surface area contributed by atoms with Crippen molar-refractivity contribution < 1.29 is 13.2 Å². The van der Waals surface area contributed by atoms with Crippen LogP contribution in [0, 0.1) is 19.8 Å². The maximum Gasteiger partial charge on any atom is 0.243 e. The molecular formula is C22H28N2O3S. The molecule has 5 nitrogen and oxygen atoms in total. The molecule has 1 amide bonds. The standard InChI is InChI=1S/C22H28N2O3S/c1-4-24(20-8-6-5-7-9-20)22(25)19-12-14-23(15-13-19)28(26,27)21-11-10-17(2)18(3)16-21/h5-11,16,19H,4,12-15H2,1-3H3. The highest BCUT2D eigenvalue weighted by molar-refractivity contribution is 7.89. The summed E-state index contributed by atoms with van der Waals surface area (Å²) in [6.07, 6.45) is 1.10. The Morgan fingerprint density at radius 2 is 1.68 bits per heavy atom. The number of para-hydroxylation sites is 1. The Morgan fingerprint density at radius 3 is 2.25 bits per heavy atom. The molecule has 1 fully saturated rings. The second-order valence-electron chi connectivity index (χ2n) is 7.34. The quantitative estimate of drug-likeness (QED) is 0.768. The Labute approximate surface area is 168 Å². The number of aryl methyl sites for hydroxylation is 2. The van der Waals surface area contributed by atoms with Crippen LogP contribution in [0.1, 0.15) is 30.9 Å². The molecule has 0 bridgehead atoms. The third-order valence-electron chi connectivity index (χ3n) is 5.57. The smallest absolute Gasteiger partial charge is 0.243 e. The summed E-state index contributed by atoms with van der Waals surface area (Å²) in [4.78, 5) is 15.1. The Balaban J connectivity index is 1.69. The van der Waals surface area contributed by atoms with Crippen LogP contribution >= 0.6 is 0 Å². The van der Waals surface area contributed by atoms with Gasteiger partial charge in [0.15, 0.2) is 0 Å². The van der Waals surface area contributed by atoms with Crippen LogP contribution in [0.3, 0.4) is 0 Å². The lowest BCUT2D eigenvalue weighted by Crippen LogP contribution is -2.44. The molecule has 6 heteroatoms. The molecule has 0 atom stereocenters. The summed E-state index contributed by atoms with van der Waals surface area (Å²) in [5.74, 6) is -0.0664. The Kier molecular flexibility index (Phi) is 6.20. The minimum atomic E-state index is -3.52. The molecule has 2 aromatic carbocycles. The van der Waals surface area contributed by atoms with Gasteiger partial charge in [0.1, 0.15) is 0 Å². The van der Waals surface area contributed by atoms with Crippen LogP contribution in [0.25, 0.3) is 0 Å². The van der Waals surface area contributed by atoms with Crippen molar-refractivity contribution in [2.45, 2.75) is 38.5 Å². The van der Waals surface area contributed by atoms with Gasteiger partial charge in [-0.2, -0.15) is 4.31 Å². The maximum atomic E-state index is 13.0. The van der Waals surface area contributed by atoms with Gasteiger partial charge in [0.2, 0.25) is 15.9 Å². The van der Waals surface area contributed by atoms with Gasteiger partial charge in [0.25, 0.3) is 0 Å². The van der Waals surface area contributed by atoms with Crippen LogP contribution in [-0.4, -0.2) is 38.3 Å². The van der Waals surface area contributed by atoms with Gasteiger partial charge in [-0.25, -0.2) is 8.42 Å². The monoisotopic (exact) mass is 400 g/mol. The predicted octanol–water partition coefficient (Wildman–Crippen LogP) is 3.76. The van der Waals surface area contributed by atoms with Crippen molar-refractivity contribution >= 4 is 21.6 Å². The zero-order chi connectivity index (χ0) is 20.3. The first-order valence-corrected chi connectivity index (χ1v) is 11.2. The average molecular weight is 401 g/mol. The maximum absolute atomic E-state index is 13.0. The number of anilines is 1. The third kappa shape index (κ3) is 4.13. The first-order chi connectivity index (χ1) is 13.3. The van der Waals surface area contributed by atoms with Crippen LogP contribution in [-0.2, 0) is 14.8 Å². The van der Waals surface area contributed by atoms with Gasteiger partial charge in [0.05, 0.1) is 4.90 Å². The highest BCUT2D eigenvalue weighted by Crippen LogP contribution is 2.27. The van der Waals surface area contributed by atoms with Gasteiger partial charge in [-0.15, -0.1) is 0 Å². The first kappa shape index (κ1) is 20.6. The van der Waals surface area contributed by atoms with E-state index in [0.717, 1.165) is 16.8 Å². The number of sulfonamides is 1. The summed E-state index contributed by atoms with van der Waals surface area (Å²) >= 11 is 0. The van der Waals surface area contributed by atoms with Crippen molar-refractivity contribution in [1.29, 1.82) is 0 Å². The van der Waals surface area contributed by atoms with Crippen molar-refractivity contribution in [1.82, 2.24) is 4.31 Å². The number of hydrogen-bond acceptors (Lipinski definition) is 3. The number of rotatable bonds is 5. The van der Waals surface area contributed by atoms with Crippen molar-refractivity contribution in [3.8, 4) is 0 Å². The molecule has 2 aromatic rings. The molecule has 1 heterocycles.